The highest BCUT2D eigenvalue weighted by molar-refractivity contribution is 5.71. The molecule has 0 heterocycles. The number of unbranched alkanes of at least 4 members (excludes halogenated alkanes) is 35. The van der Waals surface area contributed by atoms with Crippen LogP contribution in [-0.2, 0) is 28.6 Å². The number of esters is 3. The van der Waals surface area contributed by atoms with Gasteiger partial charge in [0.15, 0.2) is 6.10 Å². The summed E-state index contributed by atoms with van der Waals surface area (Å²) in [5.74, 6) is -0.886. The lowest BCUT2D eigenvalue weighted by Crippen LogP contribution is -2.30. The quantitative estimate of drug-likeness (QED) is 0.0261. The molecule has 476 valence electrons. The van der Waals surface area contributed by atoms with Gasteiger partial charge < -0.3 is 14.2 Å². The van der Waals surface area contributed by atoms with Crippen LogP contribution in [0, 0.1) is 0 Å². The first-order chi connectivity index (χ1) is 41.0. The van der Waals surface area contributed by atoms with Crippen LogP contribution in [0.1, 0.15) is 342 Å². The summed E-state index contributed by atoms with van der Waals surface area (Å²) in [6.45, 7) is 6.45. The third kappa shape index (κ3) is 68.7. The lowest BCUT2D eigenvalue weighted by Gasteiger charge is -2.18. The second-order valence-electron chi connectivity index (χ2n) is 23.4. The highest BCUT2D eigenvalue weighted by Gasteiger charge is 2.19. The van der Waals surface area contributed by atoms with Gasteiger partial charge in [-0.3, -0.25) is 14.4 Å². The number of carbonyl (C=O) groups excluding carboxylic acids is 3. The molecule has 0 rings (SSSR count). The van der Waals surface area contributed by atoms with Crippen LogP contribution in [-0.4, -0.2) is 37.2 Å². The lowest BCUT2D eigenvalue weighted by molar-refractivity contribution is -0.167. The Hall–Kier alpha value is -3.93. The van der Waals surface area contributed by atoms with Gasteiger partial charge in [-0.1, -0.05) is 329 Å². The molecule has 0 bridgehead atoms. The maximum Gasteiger partial charge on any atom is 0.306 e. The van der Waals surface area contributed by atoms with Crippen molar-refractivity contribution in [2.75, 3.05) is 13.2 Å². The Bertz CT molecular complexity index is 1660. The number of hydrogen-bond donors (Lipinski definition) is 0. The van der Waals surface area contributed by atoms with Gasteiger partial charge in [-0.2, -0.15) is 0 Å². The average molecular weight is 1150 g/mol. The second kappa shape index (κ2) is 70.6. The van der Waals surface area contributed by atoms with Gasteiger partial charge in [-0.15, -0.1) is 0 Å². The Morgan fingerprint density at radius 1 is 0.253 bits per heavy atom. The van der Waals surface area contributed by atoms with Crippen molar-refractivity contribution in [3.05, 3.63) is 109 Å². The zero-order valence-electron chi connectivity index (χ0n) is 54.7. The summed E-state index contributed by atoms with van der Waals surface area (Å²) >= 11 is 0. The third-order valence-electron chi connectivity index (χ3n) is 15.3. The minimum Gasteiger partial charge on any atom is -0.462 e. The Balaban J connectivity index is 4.41. The van der Waals surface area contributed by atoms with E-state index in [1.807, 2.05) is 0 Å². The second-order valence-corrected chi connectivity index (χ2v) is 23.4. The van der Waals surface area contributed by atoms with E-state index in [1.165, 1.54) is 173 Å². The van der Waals surface area contributed by atoms with Gasteiger partial charge in [0, 0.05) is 19.3 Å². The van der Waals surface area contributed by atoms with Crippen molar-refractivity contribution in [2.45, 2.75) is 348 Å². The molecule has 6 heteroatoms. The Morgan fingerprint density at radius 3 is 0.735 bits per heavy atom. The SMILES string of the molecule is CC/C=C\C/C=C\C/C=C\C/C=C\C/C=C\CCCCCCCCCC(=O)OCC(COC(=O)CCCCCCCCCCCCCCCCCCCCCCC)OC(=O)CCCCCCCCCC/C=C\C/C=C\C/C=C\C/C=C\CC. The van der Waals surface area contributed by atoms with Crippen LogP contribution in [0.2, 0.25) is 0 Å². The van der Waals surface area contributed by atoms with Crippen LogP contribution in [0.25, 0.3) is 0 Å². The first kappa shape index (κ1) is 79.1. The molecule has 0 saturated heterocycles. The molecule has 0 spiro atoms. The summed E-state index contributed by atoms with van der Waals surface area (Å²) in [6.07, 6.45) is 96.7. The van der Waals surface area contributed by atoms with Gasteiger partial charge in [0.2, 0.25) is 0 Å². The molecule has 0 aromatic carbocycles. The lowest BCUT2D eigenvalue weighted by atomic mass is 10.0. The number of hydrogen-bond acceptors (Lipinski definition) is 6. The summed E-state index contributed by atoms with van der Waals surface area (Å²) in [4.78, 5) is 38.5. The highest BCUT2D eigenvalue weighted by Crippen LogP contribution is 2.17. The van der Waals surface area contributed by atoms with Crippen molar-refractivity contribution in [3.8, 4) is 0 Å². The fourth-order valence-corrected chi connectivity index (χ4v) is 10.1. The molecule has 0 aromatic rings. The van der Waals surface area contributed by atoms with Crippen molar-refractivity contribution in [1.29, 1.82) is 0 Å². The number of ether oxygens (including phenoxy) is 3. The van der Waals surface area contributed by atoms with Gasteiger partial charge in [0.05, 0.1) is 0 Å². The molecule has 0 amide bonds. The number of carbonyl (C=O) groups is 3. The highest BCUT2D eigenvalue weighted by atomic mass is 16.6. The summed E-state index contributed by atoms with van der Waals surface area (Å²) in [5.41, 5.74) is 0. The molecule has 1 atom stereocenters. The van der Waals surface area contributed by atoms with Crippen LogP contribution < -0.4 is 0 Å². The molecule has 0 aromatic heterocycles. The summed E-state index contributed by atoms with van der Waals surface area (Å²) in [7, 11) is 0. The van der Waals surface area contributed by atoms with Crippen LogP contribution in [0.15, 0.2) is 109 Å². The first-order valence-corrected chi connectivity index (χ1v) is 35.4. The van der Waals surface area contributed by atoms with E-state index in [-0.39, 0.29) is 31.1 Å². The van der Waals surface area contributed by atoms with E-state index in [1.54, 1.807) is 0 Å². The van der Waals surface area contributed by atoms with Gasteiger partial charge in [0.1, 0.15) is 13.2 Å². The molecule has 0 aliphatic rings. The van der Waals surface area contributed by atoms with E-state index in [9.17, 15) is 14.4 Å². The van der Waals surface area contributed by atoms with Crippen molar-refractivity contribution >= 4 is 17.9 Å². The summed E-state index contributed by atoms with van der Waals surface area (Å²) < 4.78 is 17.0. The summed E-state index contributed by atoms with van der Waals surface area (Å²) in [5, 5.41) is 0. The standard InChI is InChI=1S/C77H132O6/c1-4-7-10-13-16-19-22-25-28-31-34-37-38-41-43-46-49-52-55-58-61-64-67-70-76(79)82-73-74(83-77(80)71-68-65-62-59-56-53-50-47-44-40-36-33-30-27-24-21-18-15-12-9-6-3)72-81-75(78)69-66-63-60-57-54-51-48-45-42-39-35-32-29-26-23-20-17-14-11-8-5-2/h7,9-10,12,16,18-19,21,25,27-28,30,34,36-37,40-41,43,74H,4-6,8,11,13-15,17,20,22-24,26,29,31-33,35,38-39,42,44-73H2,1-3H3/b10-7-,12-9-,19-16-,21-18-,28-25-,30-27-,37-34-,40-36-,43-41-. The Morgan fingerprint density at radius 2 is 0.470 bits per heavy atom. The van der Waals surface area contributed by atoms with Crippen molar-refractivity contribution < 1.29 is 28.6 Å². The topological polar surface area (TPSA) is 78.9 Å². The predicted molar refractivity (Wildman–Crippen MR) is 362 cm³/mol. The molecule has 83 heavy (non-hydrogen) atoms. The maximum absolute atomic E-state index is 13.0. The Labute approximate surface area is 514 Å². The van der Waals surface area contributed by atoms with Crippen LogP contribution in [0.3, 0.4) is 0 Å². The predicted octanol–water partition coefficient (Wildman–Crippen LogP) is 24.6. The van der Waals surface area contributed by atoms with Crippen molar-refractivity contribution in [1.82, 2.24) is 0 Å². The van der Waals surface area contributed by atoms with Gasteiger partial charge in [-0.25, -0.2) is 0 Å². The molecule has 1 unspecified atom stereocenters. The molecule has 6 nitrogen and oxygen atoms in total. The van der Waals surface area contributed by atoms with Gasteiger partial charge in [0.25, 0.3) is 0 Å². The van der Waals surface area contributed by atoms with Crippen molar-refractivity contribution in [2.24, 2.45) is 0 Å². The monoisotopic (exact) mass is 1150 g/mol. The number of allylic oxidation sites excluding steroid dienone is 18. The summed E-state index contributed by atoms with van der Waals surface area (Å²) in [6, 6.07) is 0. The molecule has 0 aliphatic carbocycles. The fourth-order valence-electron chi connectivity index (χ4n) is 10.1. The van der Waals surface area contributed by atoms with Gasteiger partial charge in [-0.05, 0) is 103 Å². The van der Waals surface area contributed by atoms with E-state index in [0.717, 1.165) is 128 Å². The van der Waals surface area contributed by atoms with E-state index < -0.39 is 6.10 Å². The Kier molecular flexibility index (Phi) is 67.2. The maximum atomic E-state index is 13.0. The van der Waals surface area contributed by atoms with E-state index >= 15 is 0 Å². The normalized spacial score (nSPS) is 12.8. The van der Waals surface area contributed by atoms with Crippen LogP contribution in [0.4, 0.5) is 0 Å². The molecule has 0 aliphatic heterocycles. The van der Waals surface area contributed by atoms with E-state index in [4.69, 9.17) is 14.2 Å². The fraction of sp³-hybridized carbons (Fsp3) is 0.727. The minimum absolute atomic E-state index is 0.0829. The molecule has 0 saturated carbocycles. The molecular formula is C77H132O6. The van der Waals surface area contributed by atoms with Crippen LogP contribution in [0.5, 0.6) is 0 Å². The third-order valence-corrected chi connectivity index (χ3v) is 15.3. The molecule has 0 N–H and O–H groups in total. The zero-order chi connectivity index (χ0) is 59.9. The first-order valence-electron chi connectivity index (χ1n) is 35.4. The molecular weight excluding hydrogens is 1020 g/mol. The van der Waals surface area contributed by atoms with Gasteiger partial charge >= 0.3 is 17.9 Å². The smallest absolute Gasteiger partial charge is 0.306 e. The van der Waals surface area contributed by atoms with E-state index in [0.29, 0.717) is 19.3 Å². The molecule has 0 radical (unpaired) electrons. The molecule has 0 fully saturated rings. The zero-order valence-corrected chi connectivity index (χ0v) is 54.7. The largest absolute Gasteiger partial charge is 0.462 e. The van der Waals surface area contributed by atoms with Crippen molar-refractivity contribution in [3.63, 3.8) is 0 Å². The van der Waals surface area contributed by atoms with Crippen LogP contribution >= 0.6 is 0 Å². The number of rotatable bonds is 64. The minimum atomic E-state index is -0.790. The average Bonchev–Trinajstić information content (AvgIpc) is 3.49. The van der Waals surface area contributed by atoms with E-state index in [2.05, 4.69) is 130 Å².